The first-order chi connectivity index (χ1) is 27.3. The van der Waals surface area contributed by atoms with Crippen LogP contribution >= 0.6 is 7.82 Å². The number of rotatable bonds is 43. The maximum Gasteiger partial charge on any atom is 0.472 e. The van der Waals surface area contributed by atoms with Crippen molar-refractivity contribution in [3.63, 3.8) is 0 Å². The number of carbonyl (C=O) groups excluding carboxylic acids is 1. The van der Waals surface area contributed by atoms with E-state index in [4.69, 9.17) is 23.6 Å². The summed E-state index contributed by atoms with van der Waals surface area (Å²) >= 11 is 0. The summed E-state index contributed by atoms with van der Waals surface area (Å²) < 4.78 is 33.4. The fraction of sp³-hybridized carbons (Fsp3) is 0.804. The molecule has 3 atom stereocenters. The van der Waals surface area contributed by atoms with Crippen molar-refractivity contribution in [2.24, 2.45) is 0 Å². The van der Waals surface area contributed by atoms with Crippen molar-refractivity contribution >= 4 is 13.8 Å². The van der Waals surface area contributed by atoms with Crippen LogP contribution in [-0.2, 0) is 27.9 Å². The van der Waals surface area contributed by atoms with Crippen LogP contribution in [0.3, 0.4) is 0 Å². The van der Waals surface area contributed by atoms with Crippen LogP contribution in [0.15, 0.2) is 48.6 Å². The van der Waals surface area contributed by atoms with Crippen LogP contribution in [0, 0.1) is 0 Å². The Morgan fingerprint density at radius 1 is 0.554 bits per heavy atom. The van der Waals surface area contributed by atoms with Crippen molar-refractivity contribution in [3.05, 3.63) is 48.6 Å². The van der Waals surface area contributed by atoms with Gasteiger partial charge in [0.25, 0.3) is 0 Å². The minimum absolute atomic E-state index is 0.0398. The first kappa shape index (κ1) is 54.4. The number of hydrogen-bond donors (Lipinski definition) is 3. The molecule has 56 heavy (non-hydrogen) atoms. The number of carbonyl (C=O) groups is 1. The molecular formula is C46H85O9P. The number of aliphatic hydroxyl groups is 2. The summed E-state index contributed by atoms with van der Waals surface area (Å²) in [7, 11) is -4.52. The van der Waals surface area contributed by atoms with Gasteiger partial charge in [0.1, 0.15) is 12.2 Å². The Labute approximate surface area is 343 Å². The molecule has 0 radical (unpaired) electrons. The van der Waals surface area contributed by atoms with Crippen LogP contribution in [0.4, 0.5) is 0 Å². The number of aliphatic hydroxyl groups excluding tert-OH is 2. The van der Waals surface area contributed by atoms with Crippen LogP contribution in [0.1, 0.15) is 194 Å². The third kappa shape index (κ3) is 42.0. The van der Waals surface area contributed by atoms with E-state index in [0.717, 1.165) is 70.6 Å². The number of hydrogen-bond acceptors (Lipinski definition) is 8. The van der Waals surface area contributed by atoms with Crippen LogP contribution in [0.25, 0.3) is 0 Å². The Bertz CT molecular complexity index is 1010. The maximum atomic E-state index is 12.6. The lowest BCUT2D eigenvalue weighted by Gasteiger charge is -2.20. The molecule has 0 aromatic carbocycles. The average molecular weight is 813 g/mol. The highest BCUT2D eigenvalue weighted by molar-refractivity contribution is 7.47. The Kier molecular flexibility index (Phi) is 41.8. The molecule has 0 spiro atoms. The minimum atomic E-state index is -4.52. The highest BCUT2D eigenvalue weighted by Crippen LogP contribution is 2.43. The summed E-state index contributed by atoms with van der Waals surface area (Å²) in [6.07, 6.45) is 47.7. The molecular weight excluding hydrogens is 727 g/mol. The van der Waals surface area contributed by atoms with E-state index in [-0.39, 0.29) is 19.6 Å². The Balaban J connectivity index is 4.17. The molecule has 0 bridgehead atoms. The maximum absolute atomic E-state index is 12.6. The van der Waals surface area contributed by atoms with Crippen LogP contribution in [0.5, 0.6) is 0 Å². The largest absolute Gasteiger partial charge is 0.472 e. The van der Waals surface area contributed by atoms with Gasteiger partial charge in [-0.05, 0) is 77.0 Å². The van der Waals surface area contributed by atoms with Crippen LogP contribution in [0.2, 0.25) is 0 Å². The number of phosphoric ester groups is 1. The molecule has 0 amide bonds. The second-order valence-electron chi connectivity index (χ2n) is 15.1. The van der Waals surface area contributed by atoms with E-state index >= 15 is 0 Å². The normalized spacial score (nSPS) is 14.4. The van der Waals surface area contributed by atoms with Gasteiger partial charge >= 0.3 is 13.8 Å². The van der Waals surface area contributed by atoms with Crippen molar-refractivity contribution in [1.29, 1.82) is 0 Å². The summed E-state index contributed by atoms with van der Waals surface area (Å²) in [4.78, 5) is 22.6. The van der Waals surface area contributed by atoms with E-state index in [2.05, 4.69) is 62.5 Å². The number of ether oxygens (including phenoxy) is 2. The van der Waals surface area contributed by atoms with E-state index < -0.39 is 39.2 Å². The third-order valence-corrected chi connectivity index (χ3v) is 10.4. The standard InChI is InChI=1S/C46H85O9P/c1-3-5-7-9-11-13-15-17-19-21-22-23-24-26-28-30-32-34-36-38-46(49)55-45(43-54-56(50,51)53-41-44(48)40-47)42-52-39-37-35-33-31-29-27-25-20-18-16-14-12-10-8-6-4-2/h11-14,17-20,44-45,47-48H,3-10,15-16,21-43H2,1-2H3,(H,50,51)/b13-11-,14-12-,19-17-,20-18-. The zero-order valence-corrected chi connectivity index (χ0v) is 36.7. The lowest BCUT2D eigenvalue weighted by molar-refractivity contribution is -0.154. The molecule has 0 aromatic rings. The molecule has 9 nitrogen and oxygen atoms in total. The van der Waals surface area contributed by atoms with Gasteiger partial charge in [0.2, 0.25) is 0 Å². The number of esters is 1. The molecule has 0 aromatic heterocycles. The summed E-state index contributed by atoms with van der Waals surface area (Å²) in [5, 5.41) is 18.4. The fourth-order valence-electron chi connectivity index (χ4n) is 6.00. The molecule has 0 aliphatic heterocycles. The highest BCUT2D eigenvalue weighted by Gasteiger charge is 2.26. The van der Waals surface area contributed by atoms with Gasteiger partial charge in [-0.1, -0.05) is 159 Å². The second-order valence-corrected chi connectivity index (χ2v) is 16.5. The first-order valence-corrected chi connectivity index (χ1v) is 24.1. The van der Waals surface area contributed by atoms with Crippen LogP contribution in [-0.4, -0.2) is 66.3 Å². The molecule has 0 heterocycles. The Hall–Kier alpha value is -1.58. The van der Waals surface area contributed by atoms with E-state index in [0.29, 0.717) is 6.61 Å². The summed E-state index contributed by atoms with van der Waals surface area (Å²) in [6, 6.07) is 0. The molecule has 10 heteroatoms. The minimum Gasteiger partial charge on any atom is -0.457 e. The van der Waals surface area contributed by atoms with Gasteiger partial charge in [0, 0.05) is 13.0 Å². The number of phosphoric acid groups is 1. The highest BCUT2D eigenvalue weighted by atomic mass is 31.2. The lowest BCUT2D eigenvalue weighted by atomic mass is 10.1. The fourth-order valence-corrected chi connectivity index (χ4v) is 6.79. The predicted molar refractivity (Wildman–Crippen MR) is 233 cm³/mol. The molecule has 0 saturated carbocycles. The van der Waals surface area contributed by atoms with E-state index in [1.807, 2.05) is 0 Å². The molecule has 328 valence electrons. The molecule has 0 rings (SSSR count). The van der Waals surface area contributed by atoms with Crippen LogP contribution < -0.4 is 0 Å². The van der Waals surface area contributed by atoms with Crippen molar-refractivity contribution in [2.45, 2.75) is 206 Å². The van der Waals surface area contributed by atoms with Gasteiger partial charge in [-0.25, -0.2) is 4.57 Å². The van der Waals surface area contributed by atoms with E-state index in [1.165, 1.54) is 103 Å². The zero-order chi connectivity index (χ0) is 41.1. The molecule has 0 saturated heterocycles. The quantitative estimate of drug-likeness (QED) is 0.0238. The van der Waals surface area contributed by atoms with Gasteiger partial charge in [0.15, 0.2) is 0 Å². The third-order valence-electron chi connectivity index (χ3n) is 9.49. The second kappa shape index (κ2) is 43.0. The van der Waals surface area contributed by atoms with Crippen molar-refractivity contribution < 1.29 is 43.0 Å². The summed E-state index contributed by atoms with van der Waals surface area (Å²) in [5.74, 6) is -0.391. The van der Waals surface area contributed by atoms with E-state index in [1.54, 1.807) is 0 Å². The van der Waals surface area contributed by atoms with Gasteiger partial charge in [-0.15, -0.1) is 0 Å². The Morgan fingerprint density at radius 3 is 1.43 bits per heavy atom. The number of unbranched alkanes of at least 4 members (excludes halogenated alkanes) is 21. The monoisotopic (exact) mass is 813 g/mol. The van der Waals surface area contributed by atoms with Gasteiger partial charge in [-0.2, -0.15) is 0 Å². The number of allylic oxidation sites excluding steroid dienone is 8. The Morgan fingerprint density at radius 2 is 0.964 bits per heavy atom. The van der Waals surface area contributed by atoms with Gasteiger partial charge < -0.3 is 24.6 Å². The average Bonchev–Trinajstić information content (AvgIpc) is 3.19. The SMILES string of the molecule is CCCCC/C=C\C/C=C\CCCCCCCCCCCC(=O)OC(COCCCCCCCC/C=C\C/C=C\CCCCC)COP(=O)(O)OCC(O)CO. The van der Waals surface area contributed by atoms with Gasteiger partial charge in [0.05, 0.1) is 26.4 Å². The molecule has 0 fully saturated rings. The summed E-state index contributed by atoms with van der Waals surface area (Å²) in [6.45, 7) is 3.45. The smallest absolute Gasteiger partial charge is 0.457 e. The van der Waals surface area contributed by atoms with Crippen molar-refractivity contribution in [1.82, 2.24) is 0 Å². The molecule has 0 aliphatic rings. The predicted octanol–water partition coefficient (Wildman–Crippen LogP) is 12.6. The summed E-state index contributed by atoms with van der Waals surface area (Å²) in [5.41, 5.74) is 0. The lowest BCUT2D eigenvalue weighted by Crippen LogP contribution is -2.29. The zero-order valence-electron chi connectivity index (χ0n) is 35.8. The molecule has 0 aliphatic carbocycles. The molecule has 3 unspecified atom stereocenters. The van der Waals surface area contributed by atoms with Crippen molar-refractivity contribution in [2.75, 3.05) is 33.0 Å². The van der Waals surface area contributed by atoms with Crippen molar-refractivity contribution in [3.8, 4) is 0 Å². The molecule has 3 N–H and O–H groups in total. The first-order valence-electron chi connectivity index (χ1n) is 22.6. The van der Waals surface area contributed by atoms with Gasteiger partial charge in [-0.3, -0.25) is 13.8 Å². The van der Waals surface area contributed by atoms with E-state index in [9.17, 15) is 19.4 Å². The topological polar surface area (TPSA) is 132 Å².